The van der Waals surface area contributed by atoms with Crippen molar-refractivity contribution in [1.82, 2.24) is 0 Å². The van der Waals surface area contributed by atoms with E-state index in [0.29, 0.717) is 5.92 Å². The van der Waals surface area contributed by atoms with Crippen LogP contribution in [0, 0.1) is 34.6 Å². The maximum Gasteiger partial charge on any atom is 0.0543 e. The van der Waals surface area contributed by atoms with Crippen molar-refractivity contribution in [2.45, 2.75) is 139 Å². The zero-order valence-electron chi connectivity index (χ0n) is 40.8. The molecule has 0 spiro atoms. The summed E-state index contributed by atoms with van der Waals surface area (Å²) in [5.74, 6) is 0.314. The van der Waals surface area contributed by atoms with Gasteiger partial charge in [0, 0.05) is 27.5 Å². The third kappa shape index (κ3) is 7.00. The molecule has 0 aromatic heterocycles. The average Bonchev–Trinajstić information content (AvgIpc) is 3.21. The van der Waals surface area contributed by atoms with Gasteiger partial charge in [-0.3, -0.25) is 0 Å². The number of aryl methyl sites for hydroxylation is 6. The first-order chi connectivity index (χ1) is 29.7. The van der Waals surface area contributed by atoms with Crippen molar-refractivity contribution in [1.29, 1.82) is 0 Å². The SMILES string of the molecule is Cc1cc(C(C)(C)C)ccc1N(c1c(C)cccc1C)c1cc2c3c(cc4c(N(c5ccc(C(C)(C)C)cc5)c5c(C)cccc5C)cc(C(C)C)c5ccc1c3c54)C(C)(C)CC2. The van der Waals surface area contributed by atoms with E-state index in [9.17, 15) is 0 Å². The van der Waals surface area contributed by atoms with Crippen LogP contribution in [0.25, 0.3) is 32.3 Å². The maximum atomic E-state index is 2.62. The van der Waals surface area contributed by atoms with E-state index in [-0.39, 0.29) is 16.2 Å². The third-order valence-electron chi connectivity index (χ3n) is 14.5. The van der Waals surface area contributed by atoms with Gasteiger partial charge in [-0.1, -0.05) is 142 Å². The highest BCUT2D eigenvalue weighted by Gasteiger charge is 2.35. The first-order valence-electron chi connectivity index (χ1n) is 23.4. The molecule has 322 valence electrons. The Hall–Kier alpha value is -5.60. The topological polar surface area (TPSA) is 6.48 Å². The Labute approximate surface area is 378 Å². The summed E-state index contributed by atoms with van der Waals surface area (Å²) in [6.45, 7) is 35.0. The Bertz CT molecular complexity index is 3030. The molecule has 0 bridgehead atoms. The van der Waals surface area contributed by atoms with Gasteiger partial charge in [0.1, 0.15) is 0 Å². The second-order valence-corrected chi connectivity index (χ2v) is 22.0. The summed E-state index contributed by atoms with van der Waals surface area (Å²) in [6, 6.07) is 42.8. The lowest BCUT2D eigenvalue weighted by Crippen LogP contribution is -2.24. The van der Waals surface area contributed by atoms with Crippen LogP contribution in [0.5, 0.6) is 0 Å². The first-order valence-corrected chi connectivity index (χ1v) is 23.4. The molecule has 8 aromatic carbocycles. The van der Waals surface area contributed by atoms with Crippen LogP contribution >= 0.6 is 0 Å². The van der Waals surface area contributed by atoms with Crippen molar-refractivity contribution >= 4 is 66.4 Å². The standard InChI is InChI=1S/C61H68N2/c1-36(2)48-35-53(62(57-37(3)18-16-19-38(57)4)45-25-22-43(23-26-45)59(8,9)10)49-34-50-54-42(30-31-61(50,14)15)33-52(47-28-27-46(48)55(49)56(47)54)63(58-39(5)20-17-21-40(58)6)51-29-24-44(32-41(51)7)60(11,12)13/h16-29,32-36H,30-31H2,1-15H3. The van der Waals surface area contributed by atoms with Gasteiger partial charge in [-0.25, -0.2) is 0 Å². The van der Waals surface area contributed by atoms with Gasteiger partial charge in [-0.2, -0.15) is 0 Å². The molecule has 0 radical (unpaired) electrons. The van der Waals surface area contributed by atoms with Crippen molar-refractivity contribution in [3.8, 4) is 0 Å². The molecule has 0 fully saturated rings. The Morgan fingerprint density at radius 1 is 0.492 bits per heavy atom. The van der Waals surface area contributed by atoms with Gasteiger partial charge in [-0.05, 0) is 178 Å². The number of rotatable bonds is 7. The first kappa shape index (κ1) is 42.7. The van der Waals surface area contributed by atoms with E-state index in [0.717, 1.165) is 12.8 Å². The number of hydrogen-bond donors (Lipinski definition) is 0. The normalized spacial score (nSPS) is 14.1. The summed E-state index contributed by atoms with van der Waals surface area (Å²) < 4.78 is 0. The van der Waals surface area contributed by atoms with Gasteiger partial charge in [0.25, 0.3) is 0 Å². The summed E-state index contributed by atoms with van der Waals surface area (Å²) >= 11 is 0. The van der Waals surface area contributed by atoms with Crippen LogP contribution in [0.3, 0.4) is 0 Å². The van der Waals surface area contributed by atoms with Crippen LogP contribution in [0.1, 0.15) is 137 Å². The number of para-hydroxylation sites is 2. The predicted octanol–water partition coefficient (Wildman–Crippen LogP) is 18.0. The molecule has 0 saturated heterocycles. The van der Waals surface area contributed by atoms with Crippen molar-refractivity contribution in [3.63, 3.8) is 0 Å². The monoisotopic (exact) mass is 829 g/mol. The largest absolute Gasteiger partial charge is 0.309 e. The second kappa shape index (κ2) is 15.0. The fourth-order valence-electron chi connectivity index (χ4n) is 10.9. The smallest absolute Gasteiger partial charge is 0.0543 e. The average molecular weight is 829 g/mol. The fourth-order valence-corrected chi connectivity index (χ4v) is 10.9. The zero-order valence-corrected chi connectivity index (χ0v) is 40.8. The van der Waals surface area contributed by atoms with Crippen LogP contribution in [0.4, 0.5) is 34.1 Å². The quantitative estimate of drug-likeness (QED) is 0.148. The van der Waals surface area contributed by atoms with Gasteiger partial charge in [0.05, 0.1) is 22.7 Å². The minimum atomic E-state index is -0.00126. The molecule has 0 N–H and O–H groups in total. The summed E-state index contributed by atoms with van der Waals surface area (Å²) in [5, 5.41) is 8.26. The molecule has 0 saturated carbocycles. The number of anilines is 6. The molecule has 2 nitrogen and oxygen atoms in total. The molecule has 9 rings (SSSR count). The van der Waals surface area contributed by atoms with E-state index in [1.54, 1.807) is 0 Å². The van der Waals surface area contributed by atoms with E-state index in [2.05, 4.69) is 223 Å². The lowest BCUT2D eigenvalue weighted by atomic mass is 9.70. The van der Waals surface area contributed by atoms with Crippen molar-refractivity contribution in [2.75, 3.05) is 9.80 Å². The van der Waals surface area contributed by atoms with Crippen LogP contribution in [-0.4, -0.2) is 0 Å². The predicted molar refractivity (Wildman–Crippen MR) is 276 cm³/mol. The molecule has 8 aromatic rings. The molecule has 0 atom stereocenters. The lowest BCUT2D eigenvalue weighted by molar-refractivity contribution is 0.475. The molecular weight excluding hydrogens is 761 g/mol. The van der Waals surface area contributed by atoms with Crippen LogP contribution < -0.4 is 9.80 Å². The molecular formula is C61H68N2. The van der Waals surface area contributed by atoms with E-state index < -0.39 is 0 Å². The number of hydrogen-bond acceptors (Lipinski definition) is 2. The molecule has 0 aliphatic heterocycles. The summed E-state index contributed by atoms with van der Waals surface area (Å²) in [5.41, 5.74) is 21.0. The minimum Gasteiger partial charge on any atom is -0.309 e. The Morgan fingerprint density at radius 2 is 1.03 bits per heavy atom. The Kier molecular flexibility index (Phi) is 10.2. The van der Waals surface area contributed by atoms with Crippen LogP contribution in [-0.2, 0) is 22.7 Å². The van der Waals surface area contributed by atoms with E-state index in [1.165, 1.54) is 122 Å². The van der Waals surface area contributed by atoms with E-state index >= 15 is 0 Å². The van der Waals surface area contributed by atoms with Gasteiger partial charge < -0.3 is 9.80 Å². The Morgan fingerprint density at radius 3 is 1.59 bits per heavy atom. The van der Waals surface area contributed by atoms with Crippen molar-refractivity contribution in [3.05, 3.63) is 165 Å². The van der Waals surface area contributed by atoms with Crippen LogP contribution in [0.15, 0.2) is 109 Å². The van der Waals surface area contributed by atoms with Crippen molar-refractivity contribution < 1.29 is 0 Å². The maximum absolute atomic E-state index is 2.62. The highest BCUT2D eigenvalue weighted by atomic mass is 15.2. The number of nitrogens with zero attached hydrogens (tertiary/aromatic N) is 2. The van der Waals surface area contributed by atoms with Crippen LogP contribution in [0.2, 0.25) is 0 Å². The molecule has 1 aliphatic carbocycles. The fraction of sp³-hybridized carbons (Fsp3) is 0.344. The molecule has 1 aliphatic rings. The van der Waals surface area contributed by atoms with Crippen molar-refractivity contribution in [2.24, 2.45) is 0 Å². The zero-order chi connectivity index (χ0) is 45.1. The Balaban J connectivity index is 1.46. The third-order valence-corrected chi connectivity index (χ3v) is 14.5. The molecule has 0 amide bonds. The highest BCUT2D eigenvalue weighted by Crippen LogP contribution is 2.55. The summed E-state index contributed by atoms with van der Waals surface area (Å²) in [7, 11) is 0. The van der Waals surface area contributed by atoms with Gasteiger partial charge in [-0.15, -0.1) is 0 Å². The van der Waals surface area contributed by atoms with Gasteiger partial charge >= 0.3 is 0 Å². The van der Waals surface area contributed by atoms with Gasteiger partial charge in [0.15, 0.2) is 0 Å². The molecule has 0 heterocycles. The summed E-state index contributed by atoms with van der Waals surface area (Å²) in [4.78, 5) is 5.22. The molecule has 0 unspecified atom stereocenters. The lowest BCUT2D eigenvalue weighted by Gasteiger charge is -2.38. The van der Waals surface area contributed by atoms with E-state index in [4.69, 9.17) is 0 Å². The van der Waals surface area contributed by atoms with E-state index in [1.807, 2.05) is 0 Å². The van der Waals surface area contributed by atoms with Gasteiger partial charge in [0.2, 0.25) is 0 Å². The molecule has 63 heavy (non-hydrogen) atoms. The minimum absolute atomic E-state index is 0.00126. The molecule has 2 heteroatoms. The summed E-state index contributed by atoms with van der Waals surface area (Å²) in [6.07, 6.45) is 2.14. The highest BCUT2D eigenvalue weighted by molar-refractivity contribution is 6.30. The second-order valence-electron chi connectivity index (χ2n) is 22.0. The number of benzene rings is 8.